The van der Waals surface area contributed by atoms with Gasteiger partial charge in [-0.25, -0.2) is 9.59 Å². The van der Waals surface area contributed by atoms with Gasteiger partial charge in [-0.1, -0.05) is 6.92 Å². The average molecular weight is 284 g/mol. The highest BCUT2D eigenvalue weighted by Gasteiger charge is 2.11. The summed E-state index contributed by atoms with van der Waals surface area (Å²) >= 11 is 8.51. The number of aliphatic carboxylic acids is 1. The van der Waals surface area contributed by atoms with Crippen molar-refractivity contribution in [3.8, 4) is 5.75 Å². The second kappa shape index (κ2) is 6.51. The first-order valence-corrected chi connectivity index (χ1v) is 6.01. The van der Waals surface area contributed by atoms with E-state index in [2.05, 4.69) is 25.3 Å². The summed E-state index contributed by atoms with van der Waals surface area (Å²) in [5, 5.41) is 8.39. The van der Waals surface area contributed by atoms with Crippen LogP contribution < -0.4 is 4.74 Å². The number of hydrogen-bond acceptors (Lipinski definition) is 5. The minimum atomic E-state index is -1.21. The number of thiol groups is 2. The lowest BCUT2D eigenvalue weighted by atomic mass is 10.1. The van der Waals surface area contributed by atoms with Crippen LogP contribution in [0.1, 0.15) is 12.5 Å². The van der Waals surface area contributed by atoms with Crippen LogP contribution in [-0.4, -0.2) is 17.0 Å². The second-order valence-corrected chi connectivity index (χ2v) is 4.29. The zero-order valence-electron chi connectivity index (χ0n) is 9.58. The Morgan fingerprint density at radius 1 is 1.33 bits per heavy atom. The third-order valence-corrected chi connectivity index (χ3v) is 3.20. The molecule has 0 bridgehead atoms. The highest BCUT2D eigenvalue weighted by molar-refractivity contribution is 7.83. The normalized spacial score (nSPS) is 10.6. The van der Waals surface area contributed by atoms with Crippen molar-refractivity contribution in [1.82, 2.24) is 0 Å². The van der Waals surface area contributed by atoms with Gasteiger partial charge in [-0.05, 0) is 18.6 Å². The van der Waals surface area contributed by atoms with Crippen molar-refractivity contribution in [1.29, 1.82) is 0 Å². The monoisotopic (exact) mass is 284 g/mol. The molecule has 0 saturated heterocycles. The van der Waals surface area contributed by atoms with E-state index in [1.54, 1.807) is 12.1 Å². The minimum Gasteiger partial charge on any atom is -0.478 e. The van der Waals surface area contributed by atoms with Crippen molar-refractivity contribution in [2.75, 3.05) is 0 Å². The van der Waals surface area contributed by atoms with Crippen LogP contribution in [0.15, 0.2) is 34.1 Å². The van der Waals surface area contributed by atoms with Gasteiger partial charge in [-0.3, -0.25) is 0 Å². The maximum absolute atomic E-state index is 11.4. The third kappa shape index (κ3) is 3.82. The molecular formula is C12H12O4S2. The molecule has 0 fully saturated rings. The molecule has 0 spiro atoms. The lowest BCUT2D eigenvalue weighted by Crippen LogP contribution is -2.07. The van der Waals surface area contributed by atoms with E-state index in [0.717, 1.165) is 17.7 Å². The largest absolute Gasteiger partial charge is 0.478 e. The Balaban J connectivity index is 2.95. The average Bonchev–Trinajstić information content (AvgIpc) is 2.32. The minimum absolute atomic E-state index is 0.361. The standard InChI is InChI=1S/C12H12O4S2/c1-2-7-8(3-4-9(17)12(7)18)16-11(15)6-5-10(13)14/h3-6,17-18H,2H2,1H3,(H,13,14)/b6-5-. The van der Waals surface area contributed by atoms with Gasteiger partial charge in [-0.2, -0.15) is 0 Å². The molecule has 18 heavy (non-hydrogen) atoms. The number of ether oxygens (including phenoxy) is 1. The van der Waals surface area contributed by atoms with Crippen molar-refractivity contribution >= 4 is 37.2 Å². The first-order valence-electron chi connectivity index (χ1n) is 5.12. The molecular weight excluding hydrogens is 272 g/mol. The number of carbonyl (C=O) groups excluding carboxylic acids is 1. The summed E-state index contributed by atoms with van der Waals surface area (Å²) in [5.74, 6) is -1.59. The van der Waals surface area contributed by atoms with E-state index in [4.69, 9.17) is 9.84 Å². The molecule has 0 radical (unpaired) electrons. The second-order valence-electron chi connectivity index (χ2n) is 3.36. The first-order chi connectivity index (χ1) is 8.45. The fraction of sp³-hybridized carbons (Fsp3) is 0.167. The molecule has 1 aromatic rings. The molecule has 0 aliphatic heterocycles. The van der Waals surface area contributed by atoms with Crippen LogP contribution in [0.4, 0.5) is 0 Å². The van der Waals surface area contributed by atoms with Crippen LogP contribution in [-0.2, 0) is 16.0 Å². The smallest absolute Gasteiger partial charge is 0.336 e. The highest BCUT2D eigenvalue weighted by atomic mass is 32.1. The van der Waals surface area contributed by atoms with Crippen molar-refractivity contribution in [2.24, 2.45) is 0 Å². The molecule has 1 rings (SSSR count). The lowest BCUT2D eigenvalue weighted by molar-refractivity contribution is -0.133. The van der Waals surface area contributed by atoms with E-state index in [0.29, 0.717) is 22.0 Å². The molecule has 0 amide bonds. The summed E-state index contributed by atoms with van der Waals surface area (Å²) in [4.78, 5) is 23.0. The molecule has 0 aliphatic rings. The first kappa shape index (κ1) is 14.7. The molecule has 0 saturated carbocycles. The summed E-state index contributed by atoms with van der Waals surface area (Å²) in [7, 11) is 0. The predicted octanol–water partition coefficient (Wildman–Crippen LogP) is 2.37. The zero-order valence-corrected chi connectivity index (χ0v) is 11.4. The van der Waals surface area contributed by atoms with Crippen LogP contribution in [0.25, 0.3) is 0 Å². The molecule has 1 aromatic carbocycles. The highest BCUT2D eigenvalue weighted by Crippen LogP contribution is 2.31. The van der Waals surface area contributed by atoms with E-state index in [9.17, 15) is 9.59 Å². The maximum Gasteiger partial charge on any atom is 0.336 e. The summed E-state index contributed by atoms with van der Waals surface area (Å²) in [6.45, 7) is 1.90. The van der Waals surface area contributed by atoms with Gasteiger partial charge in [-0.15, -0.1) is 25.3 Å². The van der Waals surface area contributed by atoms with Gasteiger partial charge in [0.25, 0.3) is 0 Å². The number of carboxylic acid groups (broad SMARTS) is 1. The van der Waals surface area contributed by atoms with Gasteiger partial charge in [0.1, 0.15) is 5.75 Å². The SMILES string of the molecule is CCc1c(OC(=O)/C=C\C(=O)O)ccc(S)c1S. The van der Waals surface area contributed by atoms with E-state index < -0.39 is 11.9 Å². The van der Waals surface area contributed by atoms with Crippen molar-refractivity contribution in [3.05, 3.63) is 29.8 Å². The van der Waals surface area contributed by atoms with Crippen molar-refractivity contribution in [3.63, 3.8) is 0 Å². The number of esters is 1. The Bertz CT molecular complexity index is 509. The molecule has 6 heteroatoms. The Kier molecular flexibility index (Phi) is 5.30. The molecule has 1 N–H and O–H groups in total. The van der Waals surface area contributed by atoms with E-state index in [-0.39, 0.29) is 0 Å². The predicted molar refractivity (Wildman–Crippen MR) is 72.7 cm³/mol. The van der Waals surface area contributed by atoms with Crippen LogP contribution >= 0.6 is 25.3 Å². The van der Waals surface area contributed by atoms with Gasteiger partial charge < -0.3 is 9.84 Å². The third-order valence-electron chi connectivity index (χ3n) is 2.14. The molecule has 0 aromatic heterocycles. The molecule has 4 nitrogen and oxygen atoms in total. The molecule has 96 valence electrons. The molecule has 0 atom stereocenters. The molecule has 0 heterocycles. The summed E-state index contributed by atoms with van der Waals surface area (Å²) < 4.78 is 5.05. The topological polar surface area (TPSA) is 63.6 Å². The van der Waals surface area contributed by atoms with E-state index in [1.807, 2.05) is 6.92 Å². The van der Waals surface area contributed by atoms with Gasteiger partial charge in [0.15, 0.2) is 0 Å². The quantitative estimate of drug-likeness (QED) is 0.344. The lowest BCUT2D eigenvalue weighted by Gasteiger charge is -2.11. The fourth-order valence-corrected chi connectivity index (χ4v) is 1.88. The van der Waals surface area contributed by atoms with E-state index >= 15 is 0 Å². The van der Waals surface area contributed by atoms with Gasteiger partial charge >= 0.3 is 11.9 Å². The summed E-state index contributed by atoms with van der Waals surface area (Å²) in [6.07, 6.45) is 2.20. The Labute approximate surface area is 115 Å². The summed E-state index contributed by atoms with van der Waals surface area (Å²) in [5.41, 5.74) is 0.753. The van der Waals surface area contributed by atoms with Crippen LogP contribution in [0.3, 0.4) is 0 Å². The van der Waals surface area contributed by atoms with Crippen molar-refractivity contribution < 1.29 is 19.4 Å². The number of hydrogen-bond donors (Lipinski definition) is 3. The van der Waals surface area contributed by atoms with Crippen LogP contribution in [0, 0.1) is 0 Å². The Morgan fingerprint density at radius 2 is 2.00 bits per heavy atom. The Morgan fingerprint density at radius 3 is 2.56 bits per heavy atom. The fourth-order valence-electron chi connectivity index (χ4n) is 1.32. The molecule has 0 unspecified atom stereocenters. The number of rotatable bonds is 4. The van der Waals surface area contributed by atoms with Crippen molar-refractivity contribution in [2.45, 2.75) is 23.1 Å². The van der Waals surface area contributed by atoms with Gasteiger partial charge in [0.2, 0.25) is 0 Å². The van der Waals surface area contributed by atoms with Gasteiger partial charge in [0.05, 0.1) is 0 Å². The summed E-state index contributed by atoms with van der Waals surface area (Å²) in [6, 6.07) is 3.27. The van der Waals surface area contributed by atoms with Gasteiger partial charge in [0, 0.05) is 27.5 Å². The maximum atomic E-state index is 11.4. The van der Waals surface area contributed by atoms with E-state index in [1.165, 1.54) is 0 Å². The number of carbonyl (C=O) groups is 2. The number of benzene rings is 1. The van der Waals surface area contributed by atoms with Crippen LogP contribution in [0.2, 0.25) is 0 Å². The number of carboxylic acids is 1. The zero-order chi connectivity index (χ0) is 13.7. The van der Waals surface area contributed by atoms with Crippen LogP contribution in [0.5, 0.6) is 5.75 Å². The molecule has 0 aliphatic carbocycles. The Hall–Kier alpha value is -1.40.